The highest BCUT2D eigenvalue weighted by atomic mass is 35.5. The summed E-state index contributed by atoms with van der Waals surface area (Å²) in [6.07, 6.45) is 7.48. The fraction of sp³-hybridized carbons (Fsp3) is 0.400. The van der Waals surface area contributed by atoms with Gasteiger partial charge in [0.05, 0.1) is 17.4 Å². The van der Waals surface area contributed by atoms with Gasteiger partial charge in [0, 0.05) is 17.5 Å². The van der Waals surface area contributed by atoms with Crippen molar-refractivity contribution in [1.29, 1.82) is 0 Å². The van der Waals surface area contributed by atoms with Gasteiger partial charge in [-0.05, 0) is 48.8 Å². The van der Waals surface area contributed by atoms with Gasteiger partial charge in [0.25, 0.3) is 5.91 Å². The molecule has 0 radical (unpaired) electrons. The van der Waals surface area contributed by atoms with Crippen LogP contribution in [0.3, 0.4) is 0 Å². The Bertz CT molecular complexity index is 935. The number of anilines is 1. The number of fused-ring (bicyclic) bond motifs is 2. The predicted octanol–water partition coefficient (Wildman–Crippen LogP) is 3.13. The van der Waals surface area contributed by atoms with Gasteiger partial charge in [-0.15, -0.1) is 0 Å². The van der Waals surface area contributed by atoms with Gasteiger partial charge < -0.3 is 4.90 Å². The second kappa shape index (κ2) is 6.02. The lowest BCUT2D eigenvalue weighted by Crippen LogP contribution is -2.46. The van der Waals surface area contributed by atoms with Crippen molar-refractivity contribution in [3.63, 3.8) is 0 Å². The third-order valence-corrected chi connectivity index (χ3v) is 5.93. The number of nitrogens with zero attached hydrogens (tertiary/aromatic N) is 3. The van der Waals surface area contributed by atoms with Crippen molar-refractivity contribution in [3.8, 4) is 0 Å². The third-order valence-electron chi connectivity index (χ3n) is 5.73. The van der Waals surface area contributed by atoms with Gasteiger partial charge in [0.2, 0.25) is 11.9 Å². The molecule has 6 nitrogen and oxygen atoms in total. The zero-order valence-corrected chi connectivity index (χ0v) is 15.5. The van der Waals surface area contributed by atoms with E-state index in [2.05, 4.69) is 27.4 Å². The molecule has 2 heterocycles. The van der Waals surface area contributed by atoms with E-state index in [1.807, 2.05) is 6.07 Å². The molecule has 5 rings (SSSR count). The molecule has 27 heavy (non-hydrogen) atoms. The van der Waals surface area contributed by atoms with E-state index in [-0.39, 0.29) is 29.7 Å². The Kier molecular flexibility index (Phi) is 3.72. The van der Waals surface area contributed by atoms with Crippen molar-refractivity contribution in [2.45, 2.75) is 37.0 Å². The van der Waals surface area contributed by atoms with Gasteiger partial charge in [-0.25, -0.2) is 9.97 Å². The number of benzene rings is 1. The van der Waals surface area contributed by atoms with Crippen molar-refractivity contribution >= 4 is 29.4 Å². The minimum atomic E-state index is -0.306. The molecule has 2 aliphatic carbocycles. The van der Waals surface area contributed by atoms with Crippen LogP contribution in [-0.2, 0) is 10.2 Å². The Balaban J connectivity index is 1.35. The van der Waals surface area contributed by atoms with Gasteiger partial charge in [-0.3, -0.25) is 14.9 Å². The molecule has 1 aliphatic heterocycles. The maximum Gasteiger partial charge on any atom is 0.254 e. The normalized spacial score (nSPS) is 19.7. The Morgan fingerprint density at radius 1 is 1.26 bits per heavy atom. The van der Waals surface area contributed by atoms with Crippen LogP contribution in [0.25, 0.3) is 0 Å². The summed E-state index contributed by atoms with van der Waals surface area (Å²) in [6.45, 7) is 0.595. The monoisotopic (exact) mass is 382 g/mol. The Morgan fingerprint density at radius 3 is 2.67 bits per heavy atom. The van der Waals surface area contributed by atoms with Crippen LogP contribution in [0.15, 0.2) is 30.6 Å². The first-order chi connectivity index (χ1) is 13.0. The number of aromatic nitrogens is 2. The minimum absolute atomic E-state index is 0.00359. The first kappa shape index (κ1) is 16.7. The second-order valence-electron chi connectivity index (χ2n) is 7.79. The van der Waals surface area contributed by atoms with E-state index < -0.39 is 0 Å². The smallest absolute Gasteiger partial charge is 0.254 e. The van der Waals surface area contributed by atoms with Crippen molar-refractivity contribution in [1.82, 2.24) is 14.9 Å². The molecule has 0 unspecified atom stereocenters. The van der Waals surface area contributed by atoms with Crippen LogP contribution in [0.1, 0.15) is 53.1 Å². The van der Waals surface area contributed by atoms with Crippen LogP contribution in [0.2, 0.25) is 5.02 Å². The SMILES string of the molecule is O=C(CN1CC2(CC2)c2cc(C3CC3)ccc2C1=O)Nc1ncc(Cl)cn1. The van der Waals surface area contributed by atoms with Gasteiger partial charge in [-0.1, -0.05) is 23.7 Å². The first-order valence-electron chi connectivity index (χ1n) is 9.25. The molecule has 2 aromatic rings. The molecule has 0 bridgehead atoms. The maximum absolute atomic E-state index is 13.0. The maximum atomic E-state index is 13.0. The van der Waals surface area contributed by atoms with Crippen molar-refractivity contribution in [3.05, 3.63) is 52.3 Å². The van der Waals surface area contributed by atoms with E-state index in [9.17, 15) is 9.59 Å². The van der Waals surface area contributed by atoms with E-state index in [0.29, 0.717) is 17.5 Å². The quantitative estimate of drug-likeness (QED) is 0.881. The molecule has 1 N–H and O–H groups in total. The number of carbonyl (C=O) groups excluding carboxylic acids is 2. The molecule has 2 amide bonds. The molecule has 2 fully saturated rings. The van der Waals surface area contributed by atoms with Crippen LogP contribution in [-0.4, -0.2) is 39.8 Å². The average molecular weight is 383 g/mol. The third kappa shape index (κ3) is 3.08. The summed E-state index contributed by atoms with van der Waals surface area (Å²) in [5, 5.41) is 3.03. The fourth-order valence-electron chi connectivity index (χ4n) is 3.97. The summed E-state index contributed by atoms with van der Waals surface area (Å²) >= 11 is 5.75. The number of amides is 2. The number of hydrogen-bond acceptors (Lipinski definition) is 4. The summed E-state index contributed by atoms with van der Waals surface area (Å²) in [5.41, 5.74) is 3.33. The van der Waals surface area contributed by atoms with E-state index in [1.165, 1.54) is 36.4 Å². The highest BCUT2D eigenvalue weighted by Gasteiger charge is 2.51. The van der Waals surface area contributed by atoms with Gasteiger partial charge in [0.15, 0.2) is 0 Å². The van der Waals surface area contributed by atoms with Crippen LogP contribution in [0.5, 0.6) is 0 Å². The van der Waals surface area contributed by atoms with E-state index in [4.69, 9.17) is 11.6 Å². The summed E-state index contributed by atoms with van der Waals surface area (Å²) in [5.74, 6) is 0.477. The van der Waals surface area contributed by atoms with Crippen molar-refractivity contribution in [2.75, 3.05) is 18.4 Å². The van der Waals surface area contributed by atoms with Gasteiger partial charge in [0.1, 0.15) is 6.54 Å². The van der Waals surface area contributed by atoms with E-state index >= 15 is 0 Å². The summed E-state index contributed by atoms with van der Waals surface area (Å²) < 4.78 is 0. The summed E-state index contributed by atoms with van der Waals surface area (Å²) in [6, 6.07) is 6.28. The summed E-state index contributed by atoms with van der Waals surface area (Å²) in [4.78, 5) is 34.9. The van der Waals surface area contributed by atoms with Crippen molar-refractivity contribution in [2.24, 2.45) is 0 Å². The minimum Gasteiger partial charge on any atom is -0.328 e. The topological polar surface area (TPSA) is 75.2 Å². The average Bonchev–Trinajstić information content (AvgIpc) is 3.57. The highest BCUT2D eigenvalue weighted by Crippen LogP contribution is 2.53. The molecular weight excluding hydrogens is 364 g/mol. The van der Waals surface area contributed by atoms with Gasteiger partial charge in [-0.2, -0.15) is 0 Å². The molecule has 7 heteroatoms. The van der Waals surface area contributed by atoms with Gasteiger partial charge >= 0.3 is 0 Å². The molecular formula is C20H19ClN4O2. The Morgan fingerprint density at radius 2 is 2.00 bits per heavy atom. The van der Waals surface area contributed by atoms with Crippen molar-refractivity contribution < 1.29 is 9.59 Å². The number of halogens is 1. The first-order valence-corrected chi connectivity index (χ1v) is 9.63. The standard InChI is InChI=1S/C20H19ClN4O2/c21-14-8-22-19(23-9-14)24-17(26)10-25-11-20(5-6-20)16-7-13(12-1-2-12)3-4-15(16)18(25)27/h3-4,7-9,12H,1-2,5-6,10-11H2,(H,22,23,24,26). The summed E-state index contributed by atoms with van der Waals surface area (Å²) in [7, 11) is 0. The molecule has 2 saturated carbocycles. The van der Waals surface area contributed by atoms with E-state index in [0.717, 1.165) is 18.4 Å². The number of carbonyl (C=O) groups is 2. The molecule has 1 spiro atoms. The molecule has 1 aromatic carbocycles. The lowest BCUT2D eigenvalue weighted by molar-refractivity contribution is -0.117. The van der Waals surface area contributed by atoms with Crippen LogP contribution >= 0.6 is 11.6 Å². The van der Waals surface area contributed by atoms with E-state index in [1.54, 1.807) is 4.90 Å². The number of rotatable bonds is 4. The molecule has 0 atom stereocenters. The molecule has 0 saturated heterocycles. The lowest BCUT2D eigenvalue weighted by Gasteiger charge is -2.34. The predicted molar refractivity (Wildman–Crippen MR) is 101 cm³/mol. The Labute approximate surface area is 161 Å². The molecule has 138 valence electrons. The van der Waals surface area contributed by atoms with Crippen LogP contribution < -0.4 is 5.32 Å². The lowest BCUT2D eigenvalue weighted by atomic mass is 9.84. The van der Waals surface area contributed by atoms with Crippen LogP contribution in [0.4, 0.5) is 5.95 Å². The zero-order chi connectivity index (χ0) is 18.6. The number of hydrogen-bond donors (Lipinski definition) is 1. The highest BCUT2D eigenvalue weighted by molar-refractivity contribution is 6.30. The zero-order valence-electron chi connectivity index (χ0n) is 14.7. The Hall–Kier alpha value is -2.47. The number of nitrogens with one attached hydrogen (secondary N) is 1. The molecule has 3 aliphatic rings. The fourth-order valence-corrected chi connectivity index (χ4v) is 4.07. The second-order valence-corrected chi connectivity index (χ2v) is 8.23. The van der Waals surface area contributed by atoms with Crippen LogP contribution in [0, 0.1) is 0 Å². The molecule has 1 aromatic heterocycles. The largest absolute Gasteiger partial charge is 0.328 e.